The van der Waals surface area contributed by atoms with Gasteiger partial charge in [-0.05, 0) is 30.7 Å². The Morgan fingerprint density at radius 1 is 1.21 bits per heavy atom. The van der Waals surface area contributed by atoms with Crippen LogP contribution in [0.5, 0.6) is 11.5 Å². The number of hydrogen-bond donors (Lipinski definition) is 2. The molecule has 3 aromatic rings. The summed E-state index contributed by atoms with van der Waals surface area (Å²) in [5.41, 5.74) is 2.34. The summed E-state index contributed by atoms with van der Waals surface area (Å²) in [6.07, 6.45) is 1.16. The molecule has 0 fully saturated rings. The molecule has 152 valence electrons. The van der Waals surface area contributed by atoms with Crippen molar-refractivity contribution in [2.45, 2.75) is 19.4 Å². The lowest BCUT2D eigenvalue weighted by atomic mass is 10.0. The smallest absolute Gasteiger partial charge is 0.305 e. The quantitative estimate of drug-likeness (QED) is 0.627. The van der Waals surface area contributed by atoms with Crippen LogP contribution in [0.3, 0.4) is 0 Å². The molecule has 0 radical (unpaired) electrons. The maximum atomic E-state index is 12.8. The molecular weight excluding hydrogens is 376 g/mol. The Balaban J connectivity index is 1.91. The molecule has 2 aromatic heterocycles. The summed E-state index contributed by atoms with van der Waals surface area (Å²) in [7, 11) is 4.78. The van der Waals surface area contributed by atoms with E-state index in [0.717, 1.165) is 11.1 Å². The average molecular weight is 398 g/mol. The number of carbonyl (C=O) groups excluding carboxylic acids is 1. The molecule has 9 heteroatoms. The molecule has 1 aromatic carbocycles. The van der Waals surface area contributed by atoms with Gasteiger partial charge in [0.1, 0.15) is 0 Å². The minimum Gasteiger partial charge on any atom is -0.493 e. The maximum absolute atomic E-state index is 12.8. The number of nitrogens with zero attached hydrogens (tertiary/aromatic N) is 3. The van der Waals surface area contributed by atoms with E-state index in [0.29, 0.717) is 28.3 Å². The van der Waals surface area contributed by atoms with Gasteiger partial charge in [-0.3, -0.25) is 14.3 Å². The minimum atomic E-state index is -1.04. The number of methoxy groups -OCH3 is 2. The summed E-state index contributed by atoms with van der Waals surface area (Å²) in [6.45, 7) is 1.84. The van der Waals surface area contributed by atoms with Crippen LogP contribution in [0.4, 0.5) is 0 Å². The van der Waals surface area contributed by atoms with Gasteiger partial charge >= 0.3 is 5.97 Å². The van der Waals surface area contributed by atoms with Gasteiger partial charge in [0.05, 0.1) is 37.9 Å². The first-order valence-electron chi connectivity index (χ1n) is 8.88. The minimum absolute atomic E-state index is 0.289. The van der Waals surface area contributed by atoms with E-state index in [2.05, 4.69) is 15.4 Å². The number of nitrogens with one attached hydrogen (secondary N) is 1. The highest BCUT2D eigenvalue weighted by atomic mass is 16.5. The standard InChI is InChI=1S/C20H22N4O5/c1-11-14-7-13(10-21-19(14)24(2)23-11)20(27)22-15(9-18(25)26)12-5-6-16(28-3)17(8-12)29-4/h5-8,10,15H,9H2,1-4H3,(H,22,27)(H,25,26). The van der Waals surface area contributed by atoms with Crippen molar-refractivity contribution in [1.29, 1.82) is 0 Å². The molecule has 2 heterocycles. The fraction of sp³-hybridized carbons (Fsp3) is 0.300. The number of aromatic nitrogens is 3. The van der Waals surface area contributed by atoms with Crippen LogP contribution in [-0.4, -0.2) is 46.0 Å². The molecule has 3 rings (SSSR count). The van der Waals surface area contributed by atoms with Gasteiger partial charge in [-0.2, -0.15) is 5.10 Å². The number of carboxylic acid groups (broad SMARTS) is 1. The Morgan fingerprint density at radius 2 is 1.93 bits per heavy atom. The van der Waals surface area contributed by atoms with E-state index in [1.54, 1.807) is 36.0 Å². The summed E-state index contributed by atoms with van der Waals surface area (Å²) >= 11 is 0. The van der Waals surface area contributed by atoms with Crippen LogP contribution in [-0.2, 0) is 11.8 Å². The van der Waals surface area contributed by atoms with Crippen LogP contribution in [0.15, 0.2) is 30.5 Å². The second-order valence-corrected chi connectivity index (χ2v) is 6.54. The van der Waals surface area contributed by atoms with Crippen molar-refractivity contribution in [2.24, 2.45) is 7.05 Å². The lowest BCUT2D eigenvalue weighted by Crippen LogP contribution is -2.30. The molecule has 1 atom stereocenters. The van der Waals surface area contributed by atoms with E-state index >= 15 is 0 Å². The SMILES string of the molecule is COc1ccc(C(CC(=O)O)NC(=O)c2cnc3c(c2)c(C)nn3C)cc1OC. The third kappa shape index (κ3) is 4.13. The van der Waals surface area contributed by atoms with Crippen molar-refractivity contribution in [2.75, 3.05) is 14.2 Å². The summed E-state index contributed by atoms with van der Waals surface area (Å²) in [5.74, 6) is -0.507. The fourth-order valence-corrected chi connectivity index (χ4v) is 3.17. The molecule has 0 aliphatic heterocycles. The van der Waals surface area contributed by atoms with Crippen molar-refractivity contribution < 1.29 is 24.2 Å². The first kappa shape index (κ1) is 20.1. The molecule has 2 N–H and O–H groups in total. The second kappa shape index (κ2) is 8.17. The monoisotopic (exact) mass is 398 g/mol. The number of benzene rings is 1. The summed E-state index contributed by atoms with van der Waals surface area (Å²) in [5, 5.41) is 17.1. The van der Waals surface area contributed by atoms with Gasteiger partial charge < -0.3 is 19.9 Å². The number of amides is 1. The number of ether oxygens (including phenoxy) is 2. The van der Waals surface area contributed by atoms with Gasteiger partial charge in [-0.15, -0.1) is 0 Å². The predicted octanol–water partition coefficient (Wildman–Crippen LogP) is 2.24. The third-order valence-corrected chi connectivity index (χ3v) is 4.62. The highest BCUT2D eigenvalue weighted by molar-refractivity contribution is 5.97. The Kier molecular flexibility index (Phi) is 5.67. The lowest BCUT2D eigenvalue weighted by molar-refractivity contribution is -0.137. The first-order valence-corrected chi connectivity index (χ1v) is 8.88. The van der Waals surface area contributed by atoms with Crippen molar-refractivity contribution in [3.63, 3.8) is 0 Å². The first-order chi connectivity index (χ1) is 13.8. The molecule has 0 bridgehead atoms. The summed E-state index contributed by atoms with van der Waals surface area (Å²) < 4.78 is 12.1. The Labute approximate surface area is 167 Å². The maximum Gasteiger partial charge on any atom is 0.305 e. The molecule has 29 heavy (non-hydrogen) atoms. The molecule has 0 aliphatic carbocycles. The number of aliphatic carboxylic acids is 1. The van der Waals surface area contributed by atoms with Crippen LogP contribution in [0.1, 0.15) is 34.1 Å². The molecule has 1 amide bonds. The summed E-state index contributed by atoms with van der Waals surface area (Å²) in [6, 6.07) is 5.96. The number of rotatable bonds is 7. The number of pyridine rings is 1. The van der Waals surface area contributed by atoms with Crippen LogP contribution in [0.2, 0.25) is 0 Å². The average Bonchev–Trinajstić information content (AvgIpc) is 2.99. The van der Waals surface area contributed by atoms with Crippen LogP contribution < -0.4 is 14.8 Å². The number of fused-ring (bicyclic) bond motifs is 1. The second-order valence-electron chi connectivity index (χ2n) is 6.54. The van der Waals surface area contributed by atoms with E-state index in [4.69, 9.17) is 9.47 Å². The third-order valence-electron chi connectivity index (χ3n) is 4.62. The molecule has 0 saturated heterocycles. The van der Waals surface area contributed by atoms with Gasteiger partial charge in [-0.1, -0.05) is 6.07 Å². The number of aryl methyl sites for hydroxylation is 2. The highest BCUT2D eigenvalue weighted by Crippen LogP contribution is 2.31. The zero-order valence-electron chi connectivity index (χ0n) is 16.6. The number of hydrogen-bond acceptors (Lipinski definition) is 6. The van der Waals surface area contributed by atoms with Crippen LogP contribution in [0, 0.1) is 6.92 Å². The van der Waals surface area contributed by atoms with E-state index in [-0.39, 0.29) is 6.42 Å². The van der Waals surface area contributed by atoms with Crippen molar-refractivity contribution in [3.05, 3.63) is 47.3 Å². The highest BCUT2D eigenvalue weighted by Gasteiger charge is 2.21. The van der Waals surface area contributed by atoms with E-state index in [9.17, 15) is 14.7 Å². The van der Waals surface area contributed by atoms with Crippen molar-refractivity contribution >= 4 is 22.9 Å². The van der Waals surface area contributed by atoms with Gasteiger partial charge in [0.15, 0.2) is 17.1 Å². The largest absolute Gasteiger partial charge is 0.493 e. The molecule has 0 spiro atoms. The molecule has 9 nitrogen and oxygen atoms in total. The molecular formula is C20H22N4O5. The van der Waals surface area contributed by atoms with E-state index in [1.807, 2.05) is 6.92 Å². The predicted molar refractivity (Wildman–Crippen MR) is 105 cm³/mol. The van der Waals surface area contributed by atoms with Gasteiger partial charge in [0.2, 0.25) is 0 Å². The van der Waals surface area contributed by atoms with E-state index < -0.39 is 17.9 Å². The Morgan fingerprint density at radius 3 is 2.59 bits per heavy atom. The van der Waals surface area contributed by atoms with Crippen molar-refractivity contribution in [3.8, 4) is 11.5 Å². The summed E-state index contributed by atoms with van der Waals surface area (Å²) in [4.78, 5) is 28.5. The number of carboxylic acids is 1. The van der Waals surface area contributed by atoms with E-state index in [1.165, 1.54) is 20.4 Å². The van der Waals surface area contributed by atoms with Crippen molar-refractivity contribution in [1.82, 2.24) is 20.1 Å². The zero-order chi connectivity index (χ0) is 21.1. The lowest BCUT2D eigenvalue weighted by Gasteiger charge is -2.19. The zero-order valence-corrected chi connectivity index (χ0v) is 16.6. The van der Waals surface area contributed by atoms with Gasteiger partial charge in [0.25, 0.3) is 5.91 Å². The van der Waals surface area contributed by atoms with Crippen LogP contribution >= 0.6 is 0 Å². The molecule has 0 saturated carbocycles. The Bertz CT molecular complexity index is 1080. The normalized spacial score (nSPS) is 11.9. The Hall–Kier alpha value is -3.62. The van der Waals surface area contributed by atoms with Gasteiger partial charge in [-0.25, -0.2) is 4.98 Å². The number of carbonyl (C=O) groups is 2. The molecule has 0 aliphatic rings. The van der Waals surface area contributed by atoms with Gasteiger partial charge in [0, 0.05) is 18.6 Å². The fourth-order valence-electron chi connectivity index (χ4n) is 3.17. The topological polar surface area (TPSA) is 116 Å². The molecule has 1 unspecified atom stereocenters. The van der Waals surface area contributed by atoms with Crippen LogP contribution in [0.25, 0.3) is 11.0 Å².